The molecule has 2 aromatic rings. The molecule has 6 heteroatoms. The third-order valence-corrected chi connectivity index (χ3v) is 6.12. The summed E-state index contributed by atoms with van der Waals surface area (Å²) in [6.07, 6.45) is 3.72. The number of rotatable bonds is 4. The van der Waals surface area contributed by atoms with Crippen molar-refractivity contribution in [1.29, 1.82) is 0 Å². The predicted octanol–water partition coefficient (Wildman–Crippen LogP) is 1.63. The van der Waals surface area contributed by atoms with Crippen LogP contribution in [-0.4, -0.2) is 55.3 Å². The summed E-state index contributed by atoms with van der Waals surface area (Å²) < 4.78 is 27.6. The number of nitrogens with zero attached hydrogens (tertiary/aromatic N) is 3. The monoisotopic (exact) mass is 331 g/mol. The van der Waals surface area contributed by atoms with E-state index in [4.69, 9.17) is 0 Å². The first-order chi connectivity index (χ1) is 11.1. The first kappa shape index (κ1) is 16.1. The van der Waals surface area contributed by atoms with Crippen molar-refractivity contribution in [3.63, 3.8) is 0 Å². The van der Waals surface area contributed by atoms with Crippen molar-refractivity contribution in [2.75, 3.05) is 26.7 Å². The van der Waals surface area contributed by atoms with Crippen LogP contribution in [0.15, 0.2) is 59.8 Å². The molecule has 1 aliphatic heterocycles. The number of hydrogen-bond acceptors (Lipinski definition) is 4. The first-order valence-electron chi connectivity index (χ1n) is 7.72. The summed E-state index contributed by atoms with van der Waals surface area (Å²) in [5, 5.41) is 0. The van der Waals surface area contributed by atoms with Crippen LogP contribution in [-0.2, 0) is 16.4 Å². The van der Waals surface area contributed by atoms with Gasteiger partial charge in [0.15, 0.2) is 0 Å². The summed E-state index contributed by atoms with van der Waals surface area (Å²) in [6.45, 7) is 1.98. The molecule has 1 aromatic heterocycles. The Morgan fingerprint density at radius 3 is 2.61 bits per heavy atom. The van der Waals surface area contributed by atoms with E-state index in [0.717, 1.165) is 18.7 Å². The Balaban J connectivity index is 1.89. The lowest BCUT2D eigenvalue weighted by Gasteiger charge is -2.39. The lowest BCUT2D eigenvalue weighted by Crippen LogP contribution is -2.54. The minimum atomic E-state index is -3.51. The molecule has 5 nitrogen and oxygen atoms in total. The second-order valence-corrected chi connectivity index (χ2v) is 7.80. The zero-order valence-electron chi connectivity index (χ0n) is 13.2. The van der Waals surface area contributed by atoms with Crippen LogP contribution >= 0.6 is 0 Å². The van der Waals surface area contributed by atoms with E-state index in [1.807, 2.05) is 37.4 Å². The average Bonchev–Trinajstić information content (AvgIpc) is 2.56. The fourth-order valence-corrected chi connectivity index (χ4v) is 4.57. The zero-order chi connectivity index (χ0) is 16.3. The van der Waals surface area contributed by atoms with Crippen molar-refractivity contribution in [1.82, 2.24) is 14.2 Å². The normalized spacial score (nSPS) is 20.5. The third-order valence-electron chi connectivity index (χ3n) is 4.19. The number of sulfonamides is 1. The van der Waals surface area contributed by atoms with Gasteiger partial charge >= 0.3 is 0 Å². The number of benzene rings is 1. The van der Waals surface area contributed by atoms with E-state index in [9.17, 15) is 8.42 Å². The van der Waals surface area contributed by atoms with Gasteiger partial charge in [-0.3, -0.25) is 4.98 Å². The lowest BCUT2D eigenvalue weighted by atomic mass is 10.0. The van der Waals surface area contributed by atoms with Gasteiger partial charge < -0.3 is 4.90 Å². The van der Waals surface area contributed by atoms with Crippen LogP contribution in [0.25, 0.3) is 0 Å². The van der Waals surface area contributed by atoms with Gasteiger partial charge in [0.05, 0.1) is 0 Å². The van der Waals surface area contributed by atoms with Gasteiger partial charge in [-0.05, 0) is 31.2 Å². The van der Waals surface area contributed by atoms with Gasteiger partial charge in [-0.2, -0.15) is 4.31 Å². The molecule has 0 aliphatic carbocycles. The number of likely N-dealkylation sites (N-methyl/N-ethyl adjacent to an activating group) is 1. The highest BCUT2D eigenvalue weighted by atomic mass is 32.2. The Morgan fingerprint density at radius 2 is 1.91 bits per heavy atom. The van der Waals surface area contributed by atoms with Crippen LogP contribution in [0.5, 0.6) is 0 Å². The smallest absolute Gasteiger partial charge is 0.244 e. The van der Waals surface area contributed by atoms with E-state index >= 15 is 0 Å². The van der Waals surface area contributed by atoms with Crippen molar-refractivity contribution < 1.29 is 8.42 Å². The average molecular weight is 331 g/mol. The molecule has 0 spiro atoms. The molecular formula is C17H21N3O2S. The highest BCUT2D eigenvalue weighted by molar-refractivity contribution is 7.89. The second kappa shape index (κ2) is 6.78. The Labute approximate surface area is 137 Å². The molecule has 1 unspecified atom stereocenters. The van der Waals surface area contributed by atoms with Gasteiger partial charge in [0.2, 0.25) is 10.0 Å². The SMILES string of the molecule is CN1CCN(S(=O)(=O)c2cccnc2)C(Cc2ccccc2)C1. The highest BCUT2D eigenvalue weighted by Gasteiger charge is 2.35. The Kier molecular flexibility index (Phi) is 4.75. The van der Waals surface area contributed by atoms with Crippen LogP contribution in [0, 0.1) is 0 Å². The van der Waals surface area contributed by atoms with Crippen molar-refractivity contribution in [3.8, 4) is 0 Å². The lowest BCUT2D eigenvalue weighted by molar-refractivity contribution is 0.159. The molecule has 0 saturated carbocycles. The second-order valence-electron chi connectivity index (χ2n) is 5.91. The van der Waals surface area contributed by atoms with Gasteiger partial charge in [-0.25, -0.2) is 8.42 Å². The Morgan fingerprint density at radius 1 is 1.13 bits per heavy atom. The molecule has 0 bridgehead atoms. The van der Waals surface area contributed by atoms with Gasteiger partial charge in [-0.15, -0.1) is 0 Å². The number of pyridine rings is 1. The van der Waals surface area contributed by atoms with E-state index in [2.05, 4.69) is 9.88 Å². The van der Waals surface area contributed by atoms with Crippen LogP contribution in [0.3, 0.4) is 0 Å². The van der Waals surface area contributed by atoms with Crippen LogP contribution in [0.1, 0.15) is 5.56 Å². The maximum Gasteiger partial charge on any atom is 0.244 e. The topological polar surface area (TPSA) is 53.5 Å². The first-order valence-corrected chi connectivity index (χ1v) is 9.16. The molecule has 0 N–H and O–H groups in total. The third kappa shape index (κ3) is 3.60. The molecule has 122 valence electrons. The maximum atomic E-state index is 13.0. The summed E-state index contributed by atoms with van der Waals surface area (Å²) >= 11 is 0. The predicted molar refractivity (Wildman–Crippen MR) is 89.6 cm³/mol. The van der Waals surface area contributed by atoms with Crippen molar-refractivity contribution >= 4 is 10.0 Å². The summed E-state index contributed by atoms with van der Waals surface area (Å²) in [5.74, 6) is 0. The van der Waals surface area contributed by atoms with Crippen molar-refractivity contribution in [3.05, 3.63) is 60.4 Å². The van der Waals surface area contributed by atoms with E-state index in [1.165, 1.54) is 6.20 Å². The highest BCUT2D eigenvalue weighted by Crippen LogP contribution is 2.22. The van der Waals surface area contributed by atoms with E-state index in [1.54, 1.807) is 22.6 Å². The molecule has 3 rings (SSSR count). The van der Waals surface area contributed by atoms with Crippen LogP contribution in [0.2, 0.25) is 0 Å². The van der Waals surface area contributed by atoms with Crippen molar-refractivity contribution in [2.24, 2.45) is 0 Å². The molecule has 1 saturated heterocycles. The molecule has 1 fully saturated rings. The summed E-state index contributed by atoms with van der Waals surface area (Å²) in [7, 11) is -1.48. The fourth-order valence-electron chi connectivity index (χ4n) is 3.00. The minimum Gasteiger partial charge on any atom is -0.303 e. The number of piperazine rings is 1. The van der Waals surface area contributed by atoms with Crippen LogP contribution in [0.4, 0.5) is 0 Å². The maximum absolute atomic E-state index is 13.0. The van der Waals surface area contributed by atoms with E-state index < -0.39 is 10.0 Å². The van der Waals surface area contributed by atoms with E-state index in [-0.39, 0.29) is 10.9 Å². The largest absolute Gasteiger partial charge is 0.303 e. The zero-order valence-corrected chi connectivity index (χ0v) is 14.0. The molecule has 0 radical (unpaired) electrons. The molecule has 2 heterocycles. The summed E-state index contributed by atoms with van der Waals surface area (Å²) in [5.41, 5.74) is 1.15. The van der Waals surface area contributed by atoms with Crippen molar-refractivity contribution in [2.45, 2.75) is 17.4 Å². The van der Waals surface area contributed by atoms with Gasteiger partial charge in [-0.1, -0.05) is 30.3 Å². The fraction of sp³-hybridized carbons (Fsp3) is 0.353. The van der Waals surface area contributed by atoms with Gasteiger partial charge in [0.25, 0.3) is 0 Å². The van der Waals surface area contributed by atoms with Gasteiger partial charge in [0.1, 0.15) is 4.90 Å². The quantitative estimate of drug-likeness (QED) is 0.854. The standard InChI is InChI=1S/C17H21N3O2S/c1-19-10-11-20(23(21,22)17-8-5-9-18-13-17)16(14-19)12-15-6-3-2-4-7-15/h2-9,13,16H,10-12,14H2,1H3. The number of hydrogen-bond donors (Lipinski definition) is 0. The Hall–Kier alpha value is -1.76. The molecule has 23 heavy (non-hydrogen) atoms. The number of aromatic nitrogens is 1. The van der Waals surface area contributed by atoms with Crippen LogP contribution < -0.4 is 0 Å². The molecule has 0 amide bonds. The van der Waals surface area contributed by atoms with Gasteiger partial charge in [0, 0.05) is 38.1 Å². The molecule has 1 aliphatic rings. The molecule has 1 aromatic carbocycles. The Bertz CT molecular complexity index is 735. The van der Waals surface area contributed by atoms with E-state index in [0.29, 0.717) is 13.0 Å². The minimum absolute atomic E-state index is 0.0682. The molecule has 1 atom stereocenters. The summed E-state index contributed by atoms with van der Waals surface area (Å²) in [6, 6.07) is 13.2. The summed E-state index contributed by atoms with van der Waals surface area (Å²) in [4.78, 5) is 6.40. The molecular weight excluding hydrogens is 310 g/mol.